The Hall–Kier alpha value is -1.59. The number of ketones is 1. The zero-order chi connectivity index (χ0) is 15.3. The number of hydrogen-bond donors (Lipinski definition) is 1. The molecule has 0 aliphatic heterocycles. The van der Waals surface area contributed by atoms with Crippen LogP contribution >= 0.6 is 0 Å². The first-order valence-corrected chi connectivity index (χ1v) is 6.93. The summed E-state index contributed by atoms with van der Waals surface area (Å²) in [6.07, 6.45) is 0.836. The summed E-state index contributed by atoms with van der Waals surface area (Å²) in [6.45, 7) is 7.16. The number of alkyl carbamates (subject to hydrolysis) is 1. The highest BCUT2D eigenvalue weighted by atomic mass is 16.6. The SMILES string of the molecule is CCOC(=O)[C@H]1CCCC(=O)[C@@H]1NC(=O)OC(C)(C)C. The number of carbonyl (C=O) groups is 3. The van der Waals surface area contributed by atoms with Crippen LogP contribution in [0.15, 0.2) is 0 Å². The summed E-state index contributed by atoms with van der Waals surface area (Å²) < 4.78 is 10.1. The van der Waals surface area contributed by atoms with Gasteiger partial charge in [-0.2, -0.15) is 0 Å². The molecule has 0 heterocycles. The molecule has 114 valence electrons. The van der Waals surface area contributed by atoms with Crippen molar-refractivity contribution in [1.29, 1.82) is 0 Å². The second-order valence-corrected chi connectivity index (χ2v) is 5.84. The van der Waals surface area contributed by atoms with Gasteiger partial charge in [-0.15, -0.1) is 0 Å². The number of rotatable bonds is 3. The fraction of sp³-hybridized carbons (Fsp3) is 0.786. The Morgan fingerprint density at radius 2 is 2.00 bits per heavy atom. The lowest BCUT2D eigenvalue weighted by atomic mass is 9.83. The monoisotopic (exact) mass is 285 g/mol. The summed E-state index contributed by atoms with van der Waals surface area (Å²) in [5.41, 5.74) is -0.652. The van der Waals surface area contributed by atoms with Crippen LogP contribution in [0.1, 0.15) is 47.0 Å². The third-order valence-electron chi connectivity index (χ3n) is 2.95. The largest absolute Gasteiger partial charge is 0.466 e. The van der Waals surface area contributed by atoms with Crippen LogP contribution < -0.4 is 5.32 Å². The number of ether oxygens (including phenoxy) is 2. The van der Waals surface area contributed by atoms with E-state index >= 15 is 0 Å². The molecule has 1 aliphatic rings. The summed E-state index contributed by atoms with van der Waals surface area (Å²) in [5.74, 6) is -1.22. The molecule has 0 spiro atoms. The lowest BCUT2D eigenvalue weighted by molar-refractivity contribution is -0.152. The zero-order valence-electron chi connectivity index (χ0n) is 12.5. The first-order valence-electron chi connectivity index (χ1n) is 6.93. The maximum Gasteiger partial charge on any atom is 0.408 e. The molecule has 1 fully saturated rings. The molecular weight excluding hydrogens is 262 g/mol. The number of Topliss-reactive ketones (excluding diaryl/α,β-unsaturated/α-hetero) is 1. The van der Waals surface area contributed by atoms with Gasteiger partial charge in [-0.25, -0.2) is 4.79 Å². The Bertz CT molecular complexity index is 386. The predicted octanol–water partition coefficient (Wildman–Crippen LogP) is 1.81. The van der Waals surface area contributed by atoms with E-state index < -0.39 is 29.6 Å². The van der Waals surface area contributed by atoms with Crippen molar-refractivity contribution in [1.82, 2.24) is 5.32 Å². The average Bonchev–Trinajstić information content (AvgIpc) is 2.29. The Kier molecular flexibility index (Phi) is 5.53. The third kappa shape index (κ3) is 4.83. The van der Waals surface area contributed by atoms with Crippen molar-refractivity contribution >= 4 is 17.8 Å². The molecule has 6 nitrogen and oxygen atoms in total. The lowest BCUT2D eigenvalue weighted by Gasteiger charge is -2.30. The summed E-state index contributed by atoms with van der Waals surface area (Å²) >= 11 is 0. The third-order valence-corrected chi connectivity index (χ3v) is 2.95. The van der Waals surface area contributed by atoms with E-state index in [1.165, 1.54) is 0 Å². The maximum absolute atomic E-state index is 11.9. The number of carbonyl (C=O) groups excluding carboxylic acids is 3. The molecule has 6 heteroatoms. The average molecular weight is 285 g/mol. The van der Waals surface area contributed by atoms with Gasteiger partial charge >= 0.3 is 12.1 Å². The van der Waals surface area contributed by atoms with Gasteiger partial charge in [-0.05, 0) is 40.5 Å². The highest BCUT2D eigenvalue weighted by Gasteiger charge is 2.39. The molecule has 0 unspecified atom stereocenters. The number of amides is 1. The molecule has 1 rings (SSSR count). The molecule has 0 aromatic rings. The molecule has 20 heavy (non-hydrogen) atoms. The van der Waals surface area contributed by atoms with Gasteiger partial charge in [0.15, 0.2) is 5.78 Å². The second kappa shape index (κ2) is 6.72. The molecule has 0 aromatic carbocycles. The van der Waals surface area contributed by atoms with E-state index in [9.17, 15) is 14.4 Å². The summed E-state index contributed by atoms with van der Waals surface area (Å²) in [4.78, 5) is 35.6. The maximum atomic E-state index is 11.9. The van der Waals surface area contributed by atoms with E-state index in [1.54, 1.807) is 27.7 Å². The van der Waals surface area contributed by atoms with Gasteiger partial charge in [-0.3, -0.25) is 9.59 Å². The van der Waals surface area contributed by atoms with Crippen molar-refractivity contribution in [3.63, 3.8) is 0 Å². The van der Waals surface area contributed by atoms with Crippen LogP contribution in [-0.2, 0) is 19.1 Å². The minimum absolute atomic E-state index is 0.153. The van der Waals surface area contributed by atoms with Crippen molar-refractivity contribution in [2.24, 2.45) is 5.92 Å². The molecular formula is C14H23NO5. The molecule has 1 amide bonds. The van der Waals surface area contributed by atoms with E-state index in [2.05, 4.69) is 5.32 Å². The molecule has 0 bridgehead atoms. The number of esters is 1. The normalized spacial score (nSPS) is 23.1. The van der Waals surface area contributed by atoms with Gasteiger partial charge in [0.05, 0.1) is 12.5 Å². The van der Waals surface area contributed by atoms with Gasteiger partial charge < -0.3 is 14.8 Å². The molecule has 0 radical (unpaired) electrons. The van der Waals surface area contributed by atoms with Crippen LogP contribution in [0.4, 0.5) is 4.79 Å². The highest BCUT2D eigenvalue weighted by Crippen LogP contribution is 2.23. The van der Waals surface area contributed by atoms with Crippen molar-refractivity contribution < 1.29 is 23.9 Å². The van der Waals surface area contributed by atoms with Crippen LogP contribution in [0.5, 0.6) is 0 Å². The fourth-order valence-electron chi connectivity index (χ4n) is 2.16. The van der Waals surface area contributed by atoms with E-state index in [0.717, 1.165) is 0 Å². The van der Waals surface area contributed by atoms with E-state index in [0.29, 0.717) is 19.3 Å². The van der Waals surface area contributed by atoms with E-state index in [4.69, 9.17) is 9.47 Å². The van der Waals surface area contributed by atoms with Gasteiger partial charge in [0.2, 0.25) is 0 Å². The lowest BCUT2D eigenvalue weighted by Crippen LogP contribution is -2.52. The van der Waals surface area contributed by atoms with Gasteiger partial charge in [0, 0.05) is 6.42 Å². The smallest absolute Gasteiger partial charge is 0.408 e. The van der Waals surface area contributed by atoms with Crippen LogP contribution in [-0.4, -0.2) is 36.1 Å². The Morgan fingerprint density at radius 3 is 2.55 bits per heavy atom. The molecule has 2 atom stereocenters. The van der Waals surface area contributed by atoms with Crippen molar-refractivity contribution in [3.05, 3.63) is 0 Å². The van der Waals surface area contributed by atoms with Crippen LogP contribution in [0.25, 0.3) is 0 Å². The van der Waals surface area contributed by atoms with Crippen molar-refractivity contribution in [2.75, 3.05) is 6.61 Å². The summed E-state index contributed by atoms with van der Waals surface area (Å²) in [7, 11) is 0. The number of nitrogens with one attached hydrogen (secondary N) is 1. The summed E-state index contributed by atoms with van der Waals surface area (Å²) in [6, 6.07) is -0.849. The van der Waals surface area contributed by atoms with Crippen molar-refractivity contribution in [2.45, 2.75) is 58.6 Å². The minimum atomic E-state index is -0.849. The van der Waals surface area contributed by atoms with Crippen LogP contribution in [0, 0.1) is 5.92 Å². The standard InChI is InChI=1S/C14H23NO5/c1-5-19-12(17)9-7-6-8-10(16)11(9)15-13(18)20-14(2,3)4/h9,11H,5-8H2,1-4H3,(H,15,18)/t9-,11+/m0/s1. The first-order chi connectivity index (χ1) is 9.24. The highest BCUT2D eigenvalue weighted by molar-refractivity contribution is 5.93. The Balaban J connectivity index is 2.73. The van der Waals surface area contributed by atoms with Gasteiger partial charge in [0.25, 0.3) is 0 Å². The van der Waals surface area contributed by atoms with Crippen molar-refractivity contribution in [3.8, 4) is 0 Å². The quantitative estimate of drug-likeness (QED) is 0.800. The Morgan fingerprint density at radius 1 is 1.35 bits per heavy atom. The van der Waals surface area contributed by atoms with Gasteiger partial charge in [0.1, 0.15) is 11.6 Å². The fourth-order valence-corrected chi connectivity index (χ4v) is 2.16. The summed E-state index contributed by atoms with van der Waals surface area (Å²) in [5, 5.41) is 2.50. The predicted molar refractivity (Wildman–Crippen MR) is 72.1 cm³/mol. The molecule has 1 saturated carbocycles. The minimum Gasteiger partial charge on any atom is -0.466 e. The number of hydrogen-bond acceptors (Lipinski definition) is 5. The molecule has 1 N–H and O–H groups in total. The van der Waals surface area contributed by atoms with Crippen LogP contribution in [0.3, 0.4) is 0 Å². The van der Waals surface area contributed by atoms with E-state index in [1.807, 2.05) is 0 Å². The first kappa shape index (κ1) is 16.5. The second-order valence-electron chi connectivity index (χ2n) is 5.84. The van der Waals surface area contributed by atoms with Crippen LogP contribution in [0.2, 0.25) is 0 Å². The van der Waals surface area contributed by atoms with Gasteiger partial charge in [-0.1, -0.05) is 0 Å². The Labute approximate surface area is 119 Å². The molecule has 0 saturated heterocycles. The van der Waals surface area contributed by atoms with E-state index in [-0.39, 0.29) is 12.4 Å². The molecule has 1 aliphatic carbocycles. The zero-order valence-corrected chi connectivity index (χ0v) is 12.5. The topological polar surface area (TPSA) is 81.7 Å². The molecule has 0 aromatic heterocycles.